The third-order valence-corrected chi connectivity index (χ3v) is 4.14. The minimum absolute atomic E-state index is 0.201. The lowest BCUT2D eigenvalue weighted by Crippen LogP contribution is -2.49. The van der Waals surface area contributed by atoms with Crippen molar-refractivity contribution in [1.82, 2.24) is 0 Å². The Morgan fingerprint density at radius 3 is 2.35 bits per heavy atom. The summed E-state index contributed by atoms with van der Waals surface area (Å²) in [7, 11) is 0. The lowest BCUT2D eigenvalue weighted by molar-refractivity contribution is -0.106. The number of rotatable bonds is 5. The van der Waals surface area contributed by atoms with E-state index in [1.54, 1.807) is 0 Å². The van der Waals surface area contributed by atoms with Gasteiger partial charge in [-0.1, -0.05) is 26.0 Å². The molecule has 0 amide bonds. The van der Waals surface area contributed by atoms with Gasteiger partial charge in [-0.05, 0) is 24.1 Å². The van der Waals surface area contributed by atoms with Crippen molar-refractivity contribution >= 4 is 11.8 Å². The summed E-state index contributed by atoms with van der Waals surface area (Å²) in [5.74, 6) is 0. The molecule has 2 nitrogen and oxygen atoms in total. The van der Waals surface area contributed by atoms with E-state index in [1.807, 2.05) is 11.8 Å². The Morgan fingerprint density at radius 2 is 1.94 bits per heavy atom. The largest absolute Gasteiger partial charge is 0.380 e. The molecule has 0 radical (unpaired) electrons. The summed E-state index contributed by atoms with van der Waals surface area (Å²) in [5.41, 5.74) is 7.40. The highest BCUT2D eigenvalue weighted by Crippen LogP contribution is 2.31. The highest BCUT2D eigenvalue weighted by molar-refractivity contribution is 7.99. The van der Waals surface area contributed by atoms with Gasteiger partial charge in [-0.3, -0.25) is 0 Å². The van der Waals surface area contributed by atoms with Crippen LogP contribution in [0, 0.1) is 5.41 Å². The molecule has 1 saturated heterocycles. The summed E-state index contributed by atoms with van der Waals surface area (Å²) in [4.78, 5) is 1.34. The highest BCUT2D eigenvalue weighted by Gasteiger charge is 2.37. The Morgan fingerprint density at radius 1 is 1.29 bits per heavy atom. The van der Waals surface area contributed by atoms with E-state index >= 15 is 0 Å². The van der Waals surface area contributed by atoms with Crippen molar-refractivity contribution < 1.29 is 4.74 Å². The van der Waals surface area contributed by atoms with Crippen molar-refractivity contribution in [3.8, 4) is 0 Å². The second-order valence-electron chi connectivity index (χ2n) is 5.18. The van der Waals surface area contributed by atoms with Gasteiger partial charge in [0.05, 0.1) is 13.2 Å². The average Bonchev–Trinajstić information content (AvgIpc) is 2.25. The first-order chi connectivity index (χ1) is 8.13. The first kappa shape index (κ1) is 12.9. The molecular weight excluding hydrogens is 230 g/mol. The van der Waals surface area contributed by atoms with Crippen LogP contribution >= 0.6 is 11.8 Å². The molecule has 17 heavy (non-hydrogen) atoms. The molecule has 1 aliphatic rings. The molecule has 0 atom stereocenters. The molecule has 0 bridgehead atoms. The summed E-state index contributed by atoms with van der Waals surface area (Å²) in [6, 6.07) is 8.87. The predicted octanol–water partition coefficient (Wildman–Crippen LogP) is 2.70. The summed E-state index contributed by atoms with van der Waals surface area (Å²) in [5, 5.41) is 0.635. The molecule has 1 aromatic carbocycles. The molecule has 0 spiro atoms. The second-order valence-corrected chi connectivity index (χ2v) is 6.83. The molecule has 1 heterocycles. The second kappa shape index (κ2) is 5.42. The molecule has 0 aliphatic carbocycles. The summed E-state index contributed by atoms with van der Waals surface area (Å²) in [6.45, 7) is 6.77. The fourth-order valence-corrected chi connectivity index (χ4v) is 2.91. The van der Waals surface area contributed by atoms with Gasteiger partial charge in [-0.15, -0.1) is 11.8 Å². The Hall–Kier alpha value is -0.510. The number of hydrogen-bond donors (Lipinski definition) is 1. The molecule has 1 aromatic rings. The SMILES string of the molecule is CC(C)Sc1ccc(CC2(CN)COC2)cc1. The van der Waals surface area contributed by atoms with E-state index in [0.717, 1.165) is 26.2 Å². The zero-order valence-corrected chi connectivity index (χ0v) is 11.4. The van der Waals surface area contributed by atoms with Crippen molar-refractivity contribution in [3.63, 3.8) is 0 Å². The van der Waals surface area contributed by atoms with E-state index in [2.05, 4.69) is 38.1 Å². The summed E-state index contributed by atoms with van der Waals surface area (Å²) >= 11 is 1.90. The van der Waals surface area contributed by atoms with E-state index in [9.17, 15) is 0 Å². The van der Waals surface area contributed by atoms with Gasteiger partial charge in [-0.25, -0.2) is 0 Å². The Bertz CT molecular complexity index is 351. The van der Waals surface area contributed by atoms with Gasteiger partial charge in [0, 0.05) is 22.1 Å². The monoisotopic (exact) mass is 251 g/mol. The van der Waals surface area contributed by atoms with Crippen LogP contribution in [0.5, 0.6) is 0 Å². The van der Waals surface area contributed by atoms with Crippen molar-refractivity contribution in [3.05, 3.63) is 29.8 Å². The molecule has 2 rings (SSSR count). The van der Waals surface area contributed by atoms with Crippen LogP contribution < -0.4 is 5.73 Å². The first-order valence-electron chi connectivity index (χ1n) is 6.17. The zero-order valence-electron chi connectivity index (χ0n) is 10.6. The molecule has 94 valence electrons. The lowest BCUT2D eigenvalue weighted by atomic mass is 9.80. The van der Waals surface area contributed by atoms with Crippen LogP contribution in [0.1, 0.15) is 19.4 Å². The predicted molar refractivity (Wildman–Crippen MR) is 73.4 cm³/mol. The number of nitrogens with two attached hydrogens (primary N) is 1. The highest BCUT2D eigenvalue weighted by atomic mass is 32.2. The topological polar surface area (TPSA) is 35.2 Å². The molecule has 0 aromatic heterocycles. The van der Waals surface area contributed by atoms with E-state index in [0.29, 0.717) is 5.25 Å². The molecule has 2 N–H and O–H groups in total. The minimum Gasteiger partial charge on any atom is -0.380 e. The van der Waals surface area contributed by atoms with Crippen LogP contribution in [0.15, 0.2) is 29.2 Å². The lowest BCUT2D eigenvalue weighted by Gasteiger charge is -2.40. The van der Waals surface area contributed by atoms with E-state index in [1.165, 1.54) is 10.5 Å². The molecule has 0 unspecified atom stereocenters. The molecule has 1 aliphatic heterocycles. The normalized spacial score (nSPS) is 18.1. The van der Waals surface area contributed by atoms with Gasteiger partial charge < -0.3 is 10.5 Å². The van der Waals surface area contributed by atoms with Gasteiger partial charge in [0.15, 0.2) is 0 Å². The Labute approximate surface area is 108 Å². The quantitative estimate of drug-likeness (QED) is 0.817. The van der Waals surface area contributed by atoms with Crippen LogP contribution in [-0.2, 0) is 11.2 Å². The molecular formula is C14H21NOS. The van der Waals surface area contributed by atoms with Crippen LogP contribution in [0.2, 0.25) is 0 Å². The minimum atomic E-state index is 0.201. The fourth-order valence-electron chi connectivity index (χ4n) is 2.07. The standard InChI is InChI=1S/C14H21NOS/c1-11(2)17-13-5-3-12(4-6-13)7-14(8-15)9-16-10-14/h3-6,11H,7-10,15H2,1-2H3. The first-order valence-corrected chi connectivity index (χ1v) is 7.05. The van der Waals surface area contributed by atoms with Crippen LogP contribution in [0.4, 0.5) is 0 Å². The molecule has 3 heteroatoms. The van der Waals surface area contributed by atoms with Crippen molar-refractivity contribution in [2.24, 2.45) is 11.1 Å². The van der Waals surface area contributed by atoms with Crippen molar-refractivity contribution in [1.29, 1.82) is 0 Å². The smallest absolute Gasteiger partial charge is 0.0560 e. The van der Waals surface area contributed by atoms with Gasteiger partial charge in [0.25, 0.3) is 0 Å². The number of thioether (sulfide) groups is 1. The number of hydrogen-bond acceptors (Lipinski definition) is 3. The van der Waals surface area contributed by atoms with E-state index in [4.69, 9.17) is 10.5 Å². The van der Waals surface area contributed by atoms with Crippen molar-refractivity contribution in [2.75, 3.05) is 19.8 Å². The van der Waals surface area contributed by atoms with Crippen molar-refractivity contribution in [2.45, 2.75) is 30.4 Å². The van der Waals surface area contributed by atoms with Gasteiger partial charge in [-0.2, -0.15) is 0 Å². The average molecular weight is 251 g/mol. The van der Waals surface area contributed by atoms with E-state index in [-0.39, 0.29) is 5.41 Å². The zero-order chi connectivity index (χ0) is 12.3. The molecule has 0 saturated carbocycles. The van der Waals surface area contributed by atoms with E-state index < -0.39 is 0 Å². The van der Waals surface area contributed by atoms with Gasteiger partial charge in [0.2, 0.25) is 0 Å². The number of benzene rings is 1. The van der Waals surface area contributed by atoms with Crippen LogP contribution in [0.3, 0.4) is 0 Å². The third kappa shape index (κ3) is 3.24. The summed E-state index contributed by atoms with van der Waals surface area (Å²) < 4.78 is 5.29. The van der Waals surface area contributed by atoms with Crippen LogP contribution in [-0.4, -0.2) is 25.0 Å². The van der Waals surface area contributed by atoms with Gasteiger partial charge >= 0.3 is 0 Å². The fraction of sp³-hybridized carbons (Fsp3) is 0.571. The maximum absolute atomic E-state index is 5.83. The molecule has 1 fully saturated rings. The Balaban J connectivity index is 1.98. The maximum Gasteiger partial charge on any atom is 0.0560 e. The maximum atomic E-state index is 5.83. The summed E-state index contributed by atoms with van der Waals surface area (Å²) in [6.07, 6.45) is 1.04. The third-order valence-electron chi connectivity index (χ3n) is 3.12. The van der Waals surface area contributed by atoms with Gasteiger partial charge in [0.1, 0.15) is 0 Å². The van der Waals surface area contributed by atoms with Crippen LogP contribution in [0.25, 0.3) is 0 Å². The number of ether oxygens (including phenoxy) is 1. The Kier molecular flexibility index (Phi) is 4.13.